The van der Waals surface area contributed by atoms with Crippen LogP contribution in [-0.2, 0) is 0 Å². The smallest absolute Gasteiger partial charge is 0.0414 e. The molecule has 1 fully saturated rings. The van der Waals surface area contributed by atoms with Crippen LogP contribution >= 0.6 is 11.8 Å². The van der Waals surface area contributed by atoms with E-state index in [1.807, 2.05) is 0 Å². The van der Waals surface area contributed by atoms with Gasteiger partial charge in [-0.15, -0.1) is 0 Å². The molecule has 1 nitrogen and oxygen atoms in total. The van der Waals surface area contributed by atoms with E-state index in [2.05, 4.69) is 49.1 Å². The fourth-order valence-corrected chi connectivity index (χ4v) is 3.09. The molecule has 15 heavy (non-hydrogen) atoms. The number of thioether (sulfide) groups is 1. The Bertz CT molecular complexity index is 327. The Morgan fingerprint density at radius 2 is 2.20 bits per heavy atom. The van der Waals surface area contributed by atoms with Gasteiger partial charge in [0.25, 0.3) is 0 Å². The van der Waals surface area contributed by atoms with E-state index in [0.29, 0.717) is 6.04 Å². The van der Waals surface area contributed by atoms with Crippen molar-refractivity contribution < 1.29 is 0 Å². The van der Waals surface area contributed by atoms with Gasteiger partial charge >= 0.3 is 0 Å². The van der Waals surface area contributed by atoms with E-state index in [1.165, 1.54) is 34.6 Å². The summed E-state index contributed by atoms with van der Waals surface area (Å²) in [6.07, 6.45) is 1.30. The minimum atomic E-state index is 0.553. The highest BCUT2D eigenvalue weighted by Crippen LogP contribution is 2.25. The molecule has 1 atom stereocenters. The largest absolute Gasteiger partial charge is 0.309 e. The zero-order valence-corrected chi connectivity index (χ0v) is 10.4. The van der Waals surface area contributed by atoms with Crippen molar-refractivity contribution >= 4 is 11.8 Å². The Balaban J connectivity index is 2.22. The molecule has 0 amide bonds. The SMILES string of the molecule is Cc1ccc(C)c(C2CSCCCN2)c1. The normalized spacial score (nSPS) is 22.4. The summed E-state index contributed by atoms with van der Waals surface area (Å²) in [6.45, 7) is 5.55. The molecule has 0 aromatic heterocycles. The van der Waals surface area contributed by atoms with Crippen LogP contribution in [-0.4, -0.2) is 18.1 Å². The van der Waals surface area contributed by atoms with Gasteiger partial charge in [-0.1, -0.05) is 23.8 Å². The van der Waals surface area contributed by atoms with Crippen LogP contribution in [0.15, 0.2) is 18.2 Å². The van der Waals surface area contributed by atoms with Gasteiger partial charge in [0.2, 0.25) is 0 Å². The molecule has 0 bridgehead atoms. The molecule has 1 N–H and O–H groups in total. The Morgan fingerprint density at radius 3 is 3.07 bits per heavy atom. The van der Waals surface area contributed by atoms with E-state index in [0.717, 1.165) is 6.54 Å². The molecule has 1 heterocycles. The molecule has 1 aromatic rings. The lowest BCUT2D eigenvalue weighted by Gasteiger charge is -2.18. The number of rotatable bonds is 1. The molecule has 2 heteroatoms. The first-order chi connectivity index (χ1) is 7.27. The average Bonchev–Trinajstić information content (AvgIpc) is 2.50. The van der Waals surface area contributed by atoms with Crippen LogP contribution in [0.2, 0.25) is 0 Å². The van der Waals surface area contributed by atoms with Gasteiger partial charge in [0.1, 0.15) is 0 Å². The first kappa shape index (κ1) is 11.0. The third-order valence-corrected chi connectivity index (χ3v) is 4.10. The van der Waals surface area contributed by atoms with Crippen molar-refractivity contribution in [3.05, 3.63) is 34.9 Å². The summed E-state index contributed by atoms with van der Waals surface area (Å²) >= 11 is 2.07. The maximum Gasteiger partial charge on any atom is 0.0414 e. The van der Waals surface area contributed by atoms with Crippen molar-refractivity contribution in [3.8, 4) is 0 Å². The fraction of sp³-hybridized carbons (Fsp3) is 0.538. The second-order valence-corrected chi connectivity index (χ2v) is 5.45. The second-order valence-electron chi connectivity index (χ2n) is 4.30. The molecular formula is C13H19NS. The summed E-state index contributed by atoms with van der Waals surface area (Å²) < 4.78 is 0. The Hall–Kier alpha value is -0.470. The van der Waals surface area contributed by atoms with Crippen LogP contribution < -0.4 is 5.32 Å². The highest BCUT2D eigenvalue weighted by atomic mass is 32.2. The van der Waals surface area contributed by atoms with Crippen LogP contribution in [0.25, 0.3) is 0 Å². The number of benzene rings is 1. The van der Waals surface area contributed by atoms with Gasteiger partial charge in [0.15, 0.2) is 0 Å². The van der Waals surface area contributed by atoms with Gasteiger partial charge in [-0.25, -0.2) is 0 Å². The second kappa shape index (κ2) is 5.04. The first-order valence-electron chi connectivity index (χ1n) is 5.65. The molecule has 0 saturated carbocycles. The number of hydrogen-bond donors (Lipinski definition) is 1. The van der Waals surface area contributed by atoms with Crippen molar-refractivity contribution in [2.24, 2.45) is 0 Å². The Morgan fingerprint density at radius 1 is 1.33 bits per heavy atom. The Kier molecular flexibility index (Phi) is 3.71. The van der Waals surface area contributed by atoms with Crippen LogP contribution in [0.4, 0.5) is 0 Å². The van der Waals surface area contributed by atoms with Gasteiger partial charge in [0.05, 0.1) is 0 Å². The average molecular weight is 221 g/mol. The third-order valence-electron chi connectivity index (χ3n) is 2.95. The lowest BCUT2D eigenvalue weighted by Crippen LogP contribution is -2.23. The van der Waals surface area contributed by atoms with E-state index in [4.69, 9.17) is 0 Å². The summed E-state index contributed by atoms with van der Waals surface area (Å²) in [5.41, 5.74) is 4.27. The molecule has 1 unspecified atom stereocenters. The van der Waals surface area contributed by atoms with Gasteiger partial charge in [-0.05, 0) is 43.7 Å². The summed E-state index contributed by atoms with van der Waals surface area (Å²) in [4.78, 5) is 0. The molecule has 0 aliphatic carbocycles. The third kappa shape index (κ3) is 2.76. The molecule has 1 aromatic carbocycles. The first-order valence-corrected chi connectivity index (χ1v) is 6.81. The summed E-state index contributed by atoms with van der Waals surface area (Å²) in [6, 6.07) is 7.32. The monoisotopic (exact) mass is 221 g/mol. The molecule has 1 saturated heterocycles. The predicted molar refractivity (Wildman–Crippen MR) is 68.6 cm³/mol. The predicted octanol–water partition coefficient (Wildman–Crippen LogP) is 3.07. The minimum Gasteiger partial charge on any atom is -0.309 e. The summed E-state index contributed by atoms with van der Waals surface area (Å²) in [7, 11) is 0. The maximum absolute atomic E-state index is 3.65. The lowest BCUT2D eigenvalue weighted by molar-refractivity contribution is 0.587. The van der Waals surface area contributed by atoms with E-state index in [-0.39, 0.29) is 0 Å². The van der Waals surface area contributed by atoms with Crippen LogP contribution in [0.1, 0.15) is 29.2 Å². The number of aryl methyl sites for hydroxylation is 2. The maximum atomic E-state index is 3.65. The minimum absolute atomic E-state index is 0.553. The molecular weight excluding hydrogens is 202 g/mol. The van der Waals surface area contributed by atoms with E-state index < -0.39 is 0 Å². The molecule has 82 valence electrons. The topological polar surface area (TPSA) is 12.0 Å². The van der Waals surface area contributed by atoms with Crippen molar-refractivity contribution in [2.75, 3.05) is 18.1 Å². The highest BCUT2D eigenvalue weighted by Gasteiger charge is 2.15. The van der Waals surface area contributed by atoms with Crippen LogP contribution in [0.3, 0.4) is 0 Å². The van der Waals surface area contributed by atoms with Crippen molar-refractivity contribution in [1.29, 1.82) is 0 Å². The zero-order valence-electron chi connectivity index (χ0n) is 9.55. The van der Waals surface area contributed by atoms with Gasteiger partial charge in [-0.3, -0.25) is 0 Å². The highest BCUT2D eigenvalue weighted by molar-refractivity contribution is 7.99. The van der Waals surface area contributed by atoms with Crippen LogP contribution in [0.5, 0.6) is 0 Å². The van der Waals surface area contributed by atoms with Crippen molar-refractivity contribution in [2.45, 2.75) is 26.3 Å². The molecule has 0 radical (unpaired) electrons. The summed E-state index contributed by atoms with van der Waals surface area (Å²) in [5, 5.41) is 3.65. The number of hydrogen-bond acceptors (Lipinski definition) is 2. The van der Waals surface area contributed by atoms with Gasteiger partial charge in [-0.2, -0.15) is 11.8 Å². The van der Waals surface area contributed by atoms with E-state index in [1.54, 1.807) is 0 Å². The molecule has 1 aliphatic heterocycles. The zero-order chi connectivity index (χ0) is 10.7. The van der Waals surface area contributed by atoms with Gasteiger partial charge < -0.3 is 5.32 Å². The van der Waals surface area contributed by atoms with Crippen LogP contribution in [0, 0.1) is 13.8 Å². The standard InChI is InChI=1S/C13H19NS/c1-10-4-5-11(2)12(8-10)13-9-15-7-3-6-14-13/h4-5,8,13-14H,3,6-7,9H2,1-2H3. The number of nitrogens with one attached hydrogen (secondary N) is 1. The van der Waals surface area contributed by atoms with Crippen molar-refractivity contribution in [1.82, 2.24) is 5.32 Å². The molecule has 1 aliphatic rings. The quantitative estimate of drug-likeness (QED) is 0.782. The van der Waals surface area contributed by atoms with E-state index in [9.17, 15) is 0 Å². The molecule has 2 rings (SSSR count). The van der Waals surface area contributed by atoms with E-state index >= 15 is 0 Å². The summed E-state index contributed by atoms with van der Waals surface area (Å²) in [5.74, 6) is 2.51. The lowest BCUT2D eigenvalue weighted by atomic mass is 10.00. The van der Waals surface area contributed by atoms with Crippen molar-refractivity contribution in [3.63, 3.8) is 0 Å². The Labute approximate surface area is 96.7 Å². The molecule has 0 spiro atoms. The fourth-order valence-electron chi connectivity index (χ4n) is 2.05. The van der Waals surface area contributed by atoms with Gasteiger partial charge in [0, 0.05) is 11.8 Å².